The predicted octanol–water partition coefficient (Wildman–Crippen LogP) is 1.65. The van der Waals surface area contributed by atoms with Crippen LogP contribution in [0.1, 0.15) is 43.7 Å². The second kappa shape index (κ2) is 10.6. The fourth-order valence-corrected chi connectivity index (χ4v) is 3.99. The lowest BCUT2D eigenvalue weighted by molar-refractivity contribution is -0.131. The molecule has 1 atom stereocenters. The Kier molecular flexibility index (Phi) is 7.89. The molecule has 1 aromatic rings. The minimum absolute atomic E-state index is 0.0577. The van der Waals surface area contributed by atoms with E-state index in [-0.39, 0.29) is 17.9 Å². The Labute approximate surface area is 173 Å². The van der Waals surface area contributed by atoms with E-state index in [9.17, 15) is 9.90 Å². The molecule has 1 saturated heterocycles. The monoisotopic (exact) mass is 402 g/mol. The van der Waals surface area contributed by atoms with Crippen molar-refractivity contribution >= 4 is 11.9 Å². The number of aliphatic hydroxyl groups excluding tert-OH is 1. The van der Waals surface area contributed by atoms with Crippen LogP contribution in [-0.4, -0.2) is 61.3 Å². The van der Waals surface area contributed by atoms with Crippen LogP contribution in [0.3, 0.4) is 0 Å². The van der Waals surface area contributed by atoms with Gasteiger partial charge in [-0.15, -0.1) is 0 Å². The first-order chi connectivity index (χ1) is 14.2. The van der Waals surface area contributed by atoms with Gasteiger partial charge < -0.3 is 25.4 Å². The smallest absolute Gasteiger partial charge is 0.223 e. The molecule has 2 aliphatic rings. The number of hydrogen-bond acceptors (Lipinski definition) is 4. The van der Waals surface area contributed by atoms with Gasteiger partial charge in [-0.05, 0) is 37.3 Å². The van der Waals surface area contributed by atoms with Crippen molar-refractivity contribution in [2.75, 3.05) is 39.5 Å². The van der Waals surface area contributed by atoms with Crippen LogP contribution in [0.5, 0.6) is 0 Å². The molecule has 7 nitrogen and oxygen atoms in total. The van der Waals surface area contributed by atoms with Gasteiger partial charge in [-0.1, -0.05) is 24.3 Å². The summed E-state index contributed by atoms with van der Waals surface area (Å²) in [6.45, 7) is 7.14. The van der Waals surface area contributed by atoms with Crippen LogP contribution in [-0.2, 0) is 22.6 Å². The van der Waals surface area contributed by atoms with E-state index >= 15 is 0 Å². The zero-order valence-corrected chi connectivity index (χ0v) is 17.5. The highest BCUT2D eigenvalue weighted by atomic mass is 16.5. The Morgan fingerprint density at radius 1 is 1.28 bits per heavy atom. The number of rotatable bonds is 9. The molecule has 1 unspecified atom stereocenters. The van der Waals surface area contributed by atoms with E-state index in [4.69, 9.17) is 9.73 Å². The number of nitrogens with one attached hydrogen (secondary N) is 2. The normalized spacial score (nSPS) is 21.3. The number of hydrogen-bond donors (Lipinski definition) is 3. The van der Waals surface area contributed by atoms with Gasteiger partial charge in [0, 0.05) is 51.2 Å². The number of ether oxygens (including phenoxy) is 1. The van der Waals surface area contributed by atoms with Crippen LogP contribution in [0.25, 0.3) is 0 Å². The molecule has 0 saturated carbocycles. The number of nitrogens with zero attached hydrogens (tertiary/aromatic N) is 2. The second-order valence-electron chi connectivity index (χ2n) is 8.02. The third-order valence-corrected chi connectivity index (χ3v) is 5.80. The van der Waals surface area contributed by atoms with Gasteiger partial charge in [0.15, 0.2) is 5.96 Å². The number of carbonyl (C=O) groups excluding carboxylic acids is 1. The van der Waals surface area contributed by atoms with E-state index in [1.807, 2.05) is 24.0 Å². The summed E-state index contributed by atoms with van der Waals surface area (Å²) in [7, 11) is 0. The zero-order chi connectivity index (χ0) is 20.5. The number of aliphatic imine (C=N–C) groups is 1. The Balaban J connectivity index is 1.42. The highest BCUT2D eigenvalue weighted by molar-refractivity contribution is 5.80. The van der Waals surface area contributed by atoms with E-state index < -0.39 is 0 Å². The quantitative estimate of drug-likeness (QED) is 0.332. The van der Waals surface area contributed by atoms with Crippen LogP contribution in [0.4, 0.5) is 0 Å². The van der Waals surface area contributed by atoms with Crippen molar-refractivity contribution < 1.29 is 14.6 Å². The van der Waals surface area contributed by atoms with Gasteiger partial charge in [0.1, 0.15) is 0 Å². The van der Waals surface area contributed by atoms with Gasteiger partial charge >= 0.3 is 0 Å². The molecule has 160 valence electrons. The van der Waals surface area contributed by atoms with Crippen LogP contribution >= 0.6 is 0 Å². The fourth-order valence-electron chi connectivity index (χ4n) is 3.99. The van der Waals surface area contributed by atoms with Crippen LogP contribution < -0.4 is 10.6 Å². The summed E-state index contributed by atoms with van der Waals surface area (Å²) in [6.07, 6.45) is 2.94. The maximum Gasteiger partial charge on any atom is 0.223 e. The highest BCUT2D eigenvalue weighted by Gasteiger charge is 2.34. The minimum atomic E-state index is -0.0577. The predicted molar refractivity (Wildman–Crippen MR) is 113 cm³/mol. The summed E-state index contributed by atoms with van der Waals surface area (Å²) in [5.74, 6) is 0.965. The second-order valence-corrected chi connectivity index (χ2v) is 8.02. The van der Waals surface area contributed by atoms with E-state index in [1.165, 1.54) is 11.1 Å². The van der Waals surface area contributed by atoms with Gasteiger partial charge in [0.2, 0.25) is 5.91 Å². The SMILES string of the molecule is CCNC(=NCC1(CCO)CCOC1)NCCCC(=O)N1Cc2ccccc2C1. The van der Waals surface area contributed by atoms with Crippen molar-refractivity contribution in [2.24, 2.45) is 10.4 Å². The lowest BCUT2D eigenvalue weighted by Gasteiger charge is -2.24. The number of carbonyl (C=O) groups is 1. The summed E-state index contributed by atoms with van der Waals surface area (Å²) in [4.78, 5) is 19.2. The first-order valence-corrected chi connectivity index (χ1v) is 10.7. The van der Waals surface area contributed by atoms with E-state index in [2.05, 4.69) is 22.8 Å². The van der Waals surface area contributed by atoms with Crippen molar-refractivity contribution in [3.8, 4) is 0 Å². The molecule has 0 bridgehead atoms. The van der Waals surface area contributed by atoms with Crippen LogP contribution in [0, 0.1) is 5.41 Å². The molecule has 1 amide bonds. The molecule has 0 aromatic heterocycles. The maximum atomic E-state index is 12.5. The van der Waals surface area contributed by atoms with Crippen molar-refractivity contribution in [3.63, 3.8) is 0 Å². The molecule has 1 fully saturated rings. The highest BCUT2D eigenvalue weighted by Crippen LogP contribution is 2.32. The Hall–Kier alpha value is -2.12. The molecule has 0 spiro atoms. The van der Waals surface area contributed by atoms with Crippen LogP contribution in [0.15, 0.2) is 29.3 Å². The molecule has 0 aliphatic carbocycles. The summed E-state index contributed by atoms with van der Waals surface area (Å²) in [5, 5.41) is 16.0. The zero-order valence-electron chi connectivity index (χ0n) is 17.5. The van der Waals surface area contributed by atoms with Crippen molar-refractivity contribution in [3.05, 3.63) is 35.4 Å². The Bertz CT molecular complexity index is 676. The van der Waals surface area contributed by atoms with E-state index in [0.717, 1.165) is 45.0 Å². The summed E-state index contributed by atoms with van der Waals surface area (Å²) in [5.41, 5.74) is 2.46. The van der Waals surface area contributed by atoms with Gasteiger partial charge in [0.25, 0.3) is 0 Å². The standard InChI is InChI=1S/C22H34N4O3/c1-2-23-21(25-16-22(9-12-27)10-13-29-17-22)24-11-5-8-20(28)26-14-18-6-3-4-7-19(18)15-26/h3-4,6-7,27H,2,5,8-17H2,1H3,(H2,23,24,25). The number of benzene rings is 1. The van der Waals surface area contributed by atoms with E-state index in [0.29, 0.717) is 32.5 Å². The van der Waals surface area contributed by atoms with Crippen molar-refractivity contribution in [1.82, 2.24) is 15.5 Å². The van der Waals surface area contributed by atoms with E-state index in [1.54, 1.807) is 0 Å². The molecule has 2 heterocycles. The molecule has 0 radical (unpaired) electrons. The third-order valence-electron chi connectivity index (χ3n) is 5.80. The molecule has 2 aliphatic heterocycles. The van der Waals surface area contributed by atoms with Gasteiger partial charge in [-0.25, -0.2) is 0 Å². The fraction of sp³-hybridized carbons (Fsp3) is 0.636. The lowest BCUT2D eigenvalue weighted by atomic mass is 9.84. The molecule has 29 heavy (non-hydrogen) atoms. The maximum absolute atomic E-state index is 12.5. The first kappa shape index (κ1) is 21.6. The Morgan fingerprint density at radius 2 is 2.03 bits per heavy atom. The summed E-state index contributed by atoms with van der Waals surface area (Å²) in [6, 6.07) is 8.26. The Morgan fingerprint density at radius 3 is 2.66 bits per heavy atom. The number of aliphatic hydroxyl groups is 1. The molecule has 7 heteroatoms. The average molecular weight is 403 g/mol. The van der Waals surface area contributed by atoms with Crippen molar-refractivity contribution in [2.45, 2.75) is 45.7 Å². The van der Waals surface area contributed by atoms with Gasteiger partial charge in [-0.3, -0.25) is 9.79 Å². The molecular weight excluding hydrogens is 368 g/mol. The number of amides is 1. The number of guanidine groups is 1. The summed E-state index contributed by atoms with van der Waals surface area (Å²) >= 11 is 0. The molecule has 1 aromatic carbocycles. The van der Waals surface area contributed by atoms with Crippen molar-refractivity contribution in [1.29, 1.82) is 0 Å². The molecule has 3 N–H and O–H groups in total. The third kappa shape index (κ3) is 5.93. The topological polar surface area (TPSA) is 86.2 Å². The molecule has 3 rings (SSSR count). The van der Waals surface area contributed by atoms with Gasteiger partial charge in [0.05, 0.1) is 13.2 Å². The first-order valence-electron chi connectivity index (χ1n) is 10.7. The lowest BCUT2D eigenvalue weighted by Crippen LogP contribution is -2.39. The minimum Gasteiger partial charge on any atom is -0.396 e. The van der Waals surface area contributed by atoms with Crippen LogP contribution in [0.2, 0.25) is 0 Å². The average Bonchev–Trinajstić information content (AvgIpc) is 3.37. The summed E-state index contributed by atoms with van der Waals surface area (Å²) < 4.78 is 5.54. The largest absolute Gasteiger partial charge is 0.396 e. The molecular formula is C22H34N4O3. The van der Waals surface area contributed by atoms with Gasteiger partial charge in [-0.2, -0.15) is 0 Å². The number of fused-ring (bicyclic) bond motifs is 1.